The molecular weight excluding hydrogens is 372 g/mol. The van der Waals surface area contributed by atoms with Crippen LogP contribution in [0.2, 0.25) is 0 Å². The Morgan fingerprint density at radius 3 is 1.77 bits per heavy atom. The number of aliphatic hydroxyl groups is 1. The molecule has 0 radical (unpaired) electrons. The average molecular weight is 419 g/mol. The molecule has 3 nitrogen and oxygen atoms in total. The Balaban J connectivity index is 1.60. The van der Waals surface area contributed by atoms with Crippen molar-refractivity contribution in [3.63, 3.8) is 0 Å². The molecule has 172 valence electrons. The van der Waals surface area contributed by atoms with Gasteiger partial charge in [0.25, 0.3) is 0 Å². The fourth-order valence-electron chi connectivity index (χ4n) is 4.85. The summed E-state index contributed by atoms with van der Waals surface area (Å²) in [6, 6.07) is 0. The molecule has 2 rings (SSSR count). The molecule has 0 saturated carbocycles. The van der Waals surface area contributed by atoms with Crippen LogP contribution in [-0.4, -0.2) is 22.4 Å². The monoisotopic (exact) mass is 418 g/mol. The fraction of sp³-hybridized carbons (Fsp3) is 0.778. The summed E-state index contributed by atoms with van der Waals surface area (Å²) in [6.07, 6.45) is 18.7. The number of rotatable bonds is 14. The van der Waals surface area contributed by atoms with Crippen LogP contribution in [0.25, 0.3) is 0 Å². The van der Waals surface area contributed by atoms with E-state index in [1.54, 1.807) is 0 Å². The number of phenols is 1. The van der Waals surface area contributed by atoms with E-state index in [9.17, 15) is 5.11 Å². The predicted molar refractivity (Wildman–Crippen MR) is 127 cm³/mol. The zero-order valence-corrected chi connectivity index (χ0v) is 20.1. The zero-order chi connectivity index (χ0) is 22.0. The first-order valence-corrected chi connectivity index (χ1v) is 12.5. The Morgan fingerprint density at radius 2 is 1.23 bits per heavy atom. The molecular formula is C27H46O3. The molecule has 0 aromatic heterocycles. The van der Waals surface area contributed by atoms with E-state index < -0.39 is 0 Å². The minimum atomic E-state index is -0.0658. The molecule has 1 heterocycles. The second-order valence-electron chi connectivity index (χ2n) is 9.80. The largest absolute Gasteiger partial charge is 0.507 e. The van der Waals surface area contributed by atoms with Gasteiger partial charge in [0.15, 0.2) is 0 Å². The summed E-state index contributed by atoms with van der Waals surface area (Å²) < 4.78 is 6.55. The van der Waals surface area contributed by atoms with Gasteiger partial charge in [0.05, 0.1) is 0 Å². The summed E-state index contributed by atoms with van der Waals surface area (Å²) in [5.74, 6) is 1.48. The summed E-state index contributed by atoms with van der Waals surface area (Å²) in [4.78, 5) is 0. The van der Waals surface area contributed by atoms with Crippen molar-refractivity contribution in [1.29, 1.82) is 0 Å². The second-order valence-corrected chi connectivity index (χ2v) is 9.80. The molecule has 0 aliphatic carbocycles. The number of fused-ring (bicyclic) bond motifs is 1. The minimum absolute atomic E-state index is 0.0658. The number of aliphatic hydroxyl groups excluding tert-OH is 1. The van der Waals surface area contributed by atoms with Gasteiger partial charge in [-0.1, -0.05) is 64.2 Å². The Labute approximate surface area is 185 Å². The maximum Gasteiger partial charge on any atom is 0.127 e. The number of ether oxygens (including phenoxy) is 1. The van der Waals surface area contributed by atoms with Gasteiger partial charge >= 0.3 is 0 Å². The molecule has 1 aliphatic rings. The summed E-state index contributed by atoms with van der Waals surface area (Å²) in [7, 11) is 0. The SMILES string of the molecule is Cc1c(C)c2c(c(C)c1O)CCC(C)(CCCCCCCCCCCCCCO)O2. The number of hydrogen-bond acceptors (Lipinski definition) is 3. The molecule has 0 amide bonds. The van der Waals surface area contributed by atoms with E-state index in [0.29, 0.717) is 12.4 Å². The standard InChI is InChI=1S/C27H46O3/c1-21-22(2)26-24(23(3)25(21)29)17-19-27(4,30-26)18-15-13-11-9-7-5-6-8-10-12-14-16-20-28/h28-29H,5-20H2,1-4H3. The van der Waals surface area contributed by atoms with Gasteiger partial charge in [-0.05, 0) is 76.5 Å². The fourth-order valence-corrected chi connectivity index (χ4v) is 4.85. The van der Waals surface area contributed by atoms with Gasteiger partial charge in [0.2, 0.25) is 0 Å². The molecule has 0 spiro atoms. The molecule has 1 atom stereocenters. The summed E-state index contributed by atoms with van der Waals surface area (Å²) >= 11 is 0. The van der Waals surface area contributed by atoms with Crippen LogP contribution in [0.5, 0.6) is 11.5 Å². The van der Waals surface area contributed by atoms with Crippen LogP contribution >= 0.6 is 0 Å². The van der Waals surface area contributed by atoms with Crippen molar-refractivity contribution in [3.8, 4) is 11.5 Å². The third-order valence-corrected chi connectivity index (χ3v) is 7.21. The molecule has 1 aliphatic heterocycles. The summed E-state index contributed by atoms with van der Waals surface area (Å²) in [5, 5.41) is 19.1. The van der Waals surface area contributed by atoms with Crippen molar-refractivity contribution < 1.29 is 14.9 Å². The molecule has 3 heteroatoms. The van der Waals surface area contributed by atoms with Crippen molar-refractivity contribution in [2.24, 2.45) is 0 Å². The molecule has 30 heavy (non-hydrogen) atoms. The lowest BCUT2D eigenvalue weighted by atomic mass is 9.84. The Hall–Kier alpha value is -1.22. The van der Waals surface area contributed by atoms with Gasteiger partial charge in [-0.2, -0.15) is 0 Å². The highest BCUT2D eigenvalue weighted by atomic mass is 16.5. The molecule has 1 aromatic rings. The molecule has 2 N–H and O–H groups in total. The Morgan fingerprint density at radius 1 is 0.733 bits per heavy atom. The minimum Gasteiger partial charge on any atom is -0.507 e. The number of unbranched alkanes of at least 4 members (excludes halogenated alkanes) is 11. The van der Waals surface area contributed by atoms with E-state index in [1.807, 2.05) is 13.8 Å². The number of hydrogen-bond donors (Lipinski definition) is 2. The number of aromatic hydroxyl groups is 1. The first-order valence-electron chi connectivity index (χ1n) is 12.5. The topological polar surface area (TPSA) is 49.7 Å². The van der Waals surface area contributed by atoms with Gasteiger partial charge in [0, 0.05) is 12.2 Å². The van der Waals surface area contributed by atoms with E-state index in [-0.39, 0.29) is 5.60 Å². The first-order chi connectivity index (χ1) is 14.4. The van der Waals surface area contributed by atoms with Gasteiger partial charge in [-0.15, -0.1) is 0 Å². The molecule has 0 bridgehead atoms. The van der Waals surface area contributed by atoms with Crippen LogP contribution in [0.3, 0.4) is 0 Å². The van der Waals surface area contributed by atoms with E-state index >= 15 is 0 Å². The molecule has 1 aromatic carbocycles. The Kier molecular flexibility index (Phi) is 10.5. The second kappa shape index (κ2) is 12.6. The van der Waals surface area contributed by atoms with Crippen LogP contribution in [0, 0.1) is 20.8 Å². The quantitative estimate of drug-likeness (QED) is 0.308. The van der Waals surface area contributed by atoms with Crippen molar-refractivity contribution in [2.45, 2.75) is 130 Å². The maximum absolute atomic E-state index is 10.3. The van der Waals surface area contributed by atoms with E-state index in [0.717, 1.165) is 48.1 Å². The van der Waals surface area contributed by atoms with Gasteiger partial charge in [-0.25, -0.2) is 0 Å². The third kappa shape index (κ3) is 7.18. The molecule has 0 fully saturated rings. The zero-order valence-electron chi connectivity index (χ0n) is 20.1. The summed E-state index contributed by atoms with van der Waals surface area (Å²) in [5.41, 5.74) is 4.21. The first kappa shape index (κ1) is 25.0. The van der Waals surface area contributed by atoms with E-state index in [1.165, 1.54) is 76.2 Å². The number of phenolic OH excluding ortho intramolecular Hbond substituents is 1. The maximum atomic E-state index is 10.3. The van der Waals surface area contributed by atoms with Gasteiger partial charge in [-0.3, -0.25) is 0 Å². The van der Waals surface area contributed by atoms with E-state index in [4.69, 9.17) is 9.84 Å². The normalized spacial score (nSPS) is 18.3. The van der Waals surface area contributed by atoms with Crippen LogP contribution in [0.15, 0.2) is 0 Å². The van der Waals surface area contributed by atoms with Gasteiger partial charge in [0.1, 0.15) is 17.1 Å². The highest BCUT2D eigenvalue weighted by molar-refractivity contribution is 5.58. The average Bonchev–Trinajstić information content (AvgIpc) is 2.74. The van der Waals surface area contributed by atoms with Crippen LogP contribution in [0.1, 0.15) is 119 Å². The van der Waals surface area contributed by atoms with E-state index in [2.05, 4.69) is 13.8 Å². The van der Waals surface area contributed by atoms with Crippen molar-refractivity contribution in [2.75, 3.05) is 6.61 Å². The van der Waals surface area contributed by atoms with Crippen LogP contribution in [-0.2, 0) is 6.42 Å². The van der Waals surface area contributed by atoms with Crippen molar-refractivity contribution >= 4 is 0 Å². The van der Waals surface area contributed by atoms with Gasteiger partial charge < -0.3 is 14.9 Å². The number of benzene rings is 1. The van der Waals surface area contributed by atoms with Crippen molar-refractivity contribution in [1.82, 2.24) is 0 Å². The lowest BCUT2D eigenvalue weighted by molar-refractivity contribution is 0.0521. The predicted octanol–water partition coefficient (Wildman–Crippen LogP) is 7.46. The molecule has 1 unspecified atom stereocenters. The van der Waals surface area contributed by atoms with Crippen molar-refractivity contribution in [3.05, 3.63) is 22.3 Å². The third-order valence-electron chi connectivity index (χ3n) is 7.21. The van der Waals surface area contributed by atoms with Crippen LogP contribution < -0.4 is 4.74 Å². The Bertz CT molecular complexity index is 652. The lowest BCUT2D eigenvalue weighted by Gasteiger charge is -2.38. The smallest absolute Gasteiger partial charge is 0.127 e. The lowest BCUT2D eigenvalue weighted by Crippen LogP contribution is -2.37. The summed E-state index contributed by atoms with van der Waals surface area (Å²) in [6.45, 7) is 8.71. The van der Waals surface area contributed by atoms with Crippen LogP contribution in [0.4, 0.5) is 0 Å². The highest BCUT2D eigenvalue weighted by Gasteiger charge is 2.34. The molecule has 0 saturated heterocycles. The highest BCUT2D eigenvalue weighted by Crippen LogP contribution is 2.44.